The summed E-state index contributed by atoms with van der Waals surface area (Å²) in [7, 11) is 0. The number of nitrogens with one attached hydrogen (secondary N) is 2. The smallest absolute Gasteiger partial charge is 0.407 e. The molecule has 3 aromatic carbocycles. The molecule has 0 unspecified atom stereocenters. The fourth-order valence-corrected chi connectivity index (χ4v) is 4.35. The Morgan fingerprint density at radius 2 is 1.43 bits per heavy atom. The van der Waals surface area contributed by atoms with E-state index in [1.165, 1.54) is 0 Å². The topological polar surface area (TPSA) is 131 Å². The number of rotatable bonds is 11. The number of esters is 1. The van der Waals surface area contributed by atoms with Crippen molar-refractivity contribution in [3.05, 3.63) is 95.6 Å². The molecule has 0 aromatic heterocycles. The molecule has 40 heavy (non-hydrogen) atoms. The van der Waals surface area contributed by atoms with Crippen LogP contribution in [0.5, 0.6) is 0 Å². The minimum absolute atomic E-state index is 0.0935. The average Bonchev–Trinajstić information content (AvgIpc) is 3.27. The molecule has 208 valence electrons. The number of carbonyl (C=O) groups excluding carboxylic acids is 3. The zero-order valence-electron chi connectivity index (χ0n) is 21.1. The molecule has 2 amide bonds. The summed E-state index contributed by atoms with van der Waals surface area (Å²) >= 11 is 0. The summed E-state index contributed by atoms with van der Waals surface area (Å²) in [4.78, 5) is 48.5. The number of alkyl halides is 2. The number of halogens is 2. The van der Waals surface area contributed by atoms with E-state index in [2.05, 4.69) is 5.32 Å². The van der Waals surface area contributed by atoms with Crippen molar-refractivity contribution >= 4 is 23.9 Å². The van der Waals surface area contributed by atoms with Crippen LogP contribution in [0.4, 0.5) is 13.6 Å². The summed E-state index contributed by atoms with van der Waals surface area (Å²) in [5.74, 6) is -9.07. The Morgan fingerprint density at radius 3 is 2.02 bits per heavy atom. The van der Waals surface area contributed by atoms with E-state index < -0.39 is 48.9 Å². The molecule has 3 aromatic rings. The number of amides is 2. The van der Waals surface area contributed by atoms with Crippen molar-refractivity contribution in [3.8, 4) is 11.1 Å². The lowest BCUT2D eigenvalue weighted by Gasteiger charge is -2.20. The Hall–Kier alpha value is -4.80. The third-order valence-electron chi connectivity index (χ3n) is 6.36. The van der Waals surface area contributed by atoms with Crippen molar-refractivity contribution in [1.82, 2.24) is 10.6 Å². The predicted octanol–water partition coefficient (Wildman–Crippen LogP) is 3.86. The number of aliphatic carboxylic acids is 1. The molecule has 0 fully saturated rings. The van der Waals surface area contributed by atoms with Crippen LogP contribution in [0.3, 0.4) is 0 Å². The normalized spacial score (nSPS) is 12.9. The van der Waals surface area contributed by atoms with Gasteiger partial charge in [0.05, 0.1) is 13.0 Å². The fourth-order valence-electron chi connectivity index (χ4n) is 4.35. The van der Waals surface area contributed by atoms with Gasteiger partial charge in [-0.25, -0.2) is 9.59 Å². The van der Waals surface area contributed by atoms with E-state index in [-0.39, 0.29) is 19.1 Å². The molecule has 4 rings (SSSR count). The number of carboxylic acid groups (broad SMARTS) is 1. The number of alkyl carbamates (subject to hydrolysis) is 1. The van der Waals surface area contributed by atoms with Gasteiger partial charge in [0, 0.05) is 5.92 Å². The zero-order valence-corrected chi connectivity index (χ0v) is 21.1. The van der Waals surface area contributed by atoms with Crippen molar-refractivity contribution < 1.29 is 42.5 Å². The lowest BCUT2D eigenvalue weighted by molar-refractivity contribution is -0.164. The molecule has 11 heteroatoms. The maximum atomic E-state index is 13.5. The van der Waals surface area contributed by atoms with Gasteiger partial charge in [-0.1, -0.05) is 78.9 Å². The number of hydrogen-bond acceptors (Lipinski definition) is 6. The third-order valence-corrected chi connectivity index (χ3v) is 6.36. The lowest BCUT2D eigenvalue weighted by atomic mass is 9.98. The van der Waals surface area contributed by atoms with Crippen molar-refractivity contribution in [2.75, 3.05) is 13.2 Å². The Labute approximate surface area is 228 Å². The standard InChI is InChI=1S/C29H26F2N2O7/c30-29(31,27(36)37)17-32-26(35)24(14-25(34)39-15-18-8-2-1-3-9-18)33-28(38)40-16-23-21-12-6-4-10-19(21)20-11-5-7-13-22(20)23/h1-13,23-24H,14-17H2,(H,32,35)(H,33,38)(H,36,37)/t24-/m0/s1. The van der Waals surface area contributed by atoms with Gasteiger partial charge in [-0.3, -0.25) is 9.59 Å². The highest BCUT2D eigenvalue weighted by Gasteiger charge is 2.40. The van der Waals surface area contributed by atoms with Crippen LogP contribution < -0.4 is 10.6 Å². The fraction of sp³-hybridized carbons (Fsp3) is 0.241. The van der Waals surface area contributed by atoms with Crippen LogP contribution in [0.25, 0.3) is 11.1 Å². The summed E-state index contributed by atoms with van der Waals surface area (Å²) in [5, 5.41) is 12.6. The van der Waals surface area contributed by atoms with E-state index in [4.69, 9.17) is 14.6 Å². The number of carbonyl (C=O) groups is 4. The minimum Gasteiger partial charge on any atom is -0.477 e. The number of fused-ring (bicyclic) bond motifs is 3. The van der Waals surface area contributed by atoms with Crippen molar-refractivity contribution in [1.29, 1.82) is 0 Å². The molecule has 0 aliphatic heterocycles. The highest BCUT2D eigenvalue weighted by Crippen LogP contribution is 2.44. The second-order valence-corrected chi connectivity index (χ2v) is 9.10. The largest absolute Gasteiger partial charge is 0.477 e. The van der Waals surface area contributed by atoms with Crippen LogP contribution in [-0.4, -0.2) is 54.2 Å². The van der Waals surface area contributed by atoms with E-state index >= 15 is 0 Å². The average molecular weight is 553 g/mol. The van der Waals surface area contributed by atoms with Gasteiger partial charge in [-0.2, -0.15) is 8.78 Å². The van der Waals surface area contributed by atoms with E-state index in [0.29, 0.717) is 5.56 Å². The van der Waals surface area contributed by atoms with Crippen molar-refractivity contribution in [3.63, 3.8) is 0 Å². The Kier molecular flexibility index (Phi) is 8.73. The molecule has 3 N–H and O–H groups in total. The first-order valence-electron chi connectivity index (χ1n) is 12.4. The number of hydrogen-bond donors (Lipinski definition) is 3. The van der Waals surface area contributed by atoms with E-state index in [0.717, 1.165) is 22.3 Å². The van der Waals surface area contributed by atoms with Gasteiger partial charge in [-0.15, -0.1) is 0 Å². The molecule has 0 bridgehead atoms. The van der Waals surface area contributed by atoms with Gasteiger partial charge < -0.3 is 25.2 Å². The number of benzene rings is 3. The van der Waals surface area contributed by atoms with Crippen molar-refractivity contribution in [2.45, 2.75) is 30.9 Å². The van der Waals surface area contributed by atoms with E-state index in [9.17, 15) is 28.0 Å². The maximum absolute atomic E-state index is 13.5. The second-order valence-electron chi connectivity index (χ2n) is 9.10. The van der Waals surface area contributed by atoms with Gasteiger partial charge in [0.15, 0.2) is 0 Å². The van der Waals surface area contributed by atoms with Crippen LogP contribution >= 0.6 is 0 Å². The molecular weight excluding hydrogens is 526 g/mol. The minimum atomic E-state index is -4.25. The third kappa shape index (κ3) is 6.79. The van der Waals surface area contributed by atoms with Gasteiger partial charge in [0.1, 0.15) is 19.3 Å². The van der Waals surface area contributed by atoms with E-state index in [1.807, 2.05) is 48.5 Å². The summed E-state index contributed by atoms with van der Waals surface area (Å²) in [5.41, 5.74) is 4.58. The van der Waals surface area contributed by atoms with Crippen LogP contribution in [-0.2, 0) is 30.5 Å². The van der Waals surface area contributed by atoms with Crippen LogP contribution in [0.1, 0.15) is 29.0 Å². The molecule has 0 radical (unpaired) electrons. The van der Waals surface area contributed by atoms with Crippen LogP contribution in [0.15, 0.2) is 78.9 Å². The molecular formula is C29H26F2N2O7. The molecule has 1 atom stereocenters. The summed E-state index contributed by atoms with van der Waals surface area (Å²) < 4.78 is 37.6. The molecule has 0 saturated heterocycles. The van der Waals surface area contributed by atoms with Gasteiger partial charge >= 0.3 is 24.0 Å². The Balaban J connectivity index is 1.41. The molecule has 1 aliphatic rings. The zero-order chi connectivity index (χ0) is 28.7. The maximum Gasteiger partial charge on any atom is 0.407 e. The first kappa shape index (κ1) is 28.2. The molecule has 1 aliphatic carbocycles. The van der Waals surface area contributed by atoms with Gasteiger partial charge in [-0.05, 0) is 27.8 Å². The van der Waals surface area contributed by atoms with Gasteiger partial charge in [0.2, 0.25) is 5.91 Å². The lowest BCUT2D eigenvalue weighted by Crippen LogP contribution is -2.51. The number of carboxylic acids is 1. The molecule has 0 heterocycles. The Bertz CT molecular complexity index is 1350. The van der Waals surface area contributed by atoms with Gasteiger partial charge in [0.25, 0.3) is 0 Å². The Morgan fingerprint density at radius 1 is 0.850 bits per heavy atom. The predicted molar refractivity (Wildman–Crippen MR) is 138 cm³/mol. The van der Waals surface area contributed by atoms with Crippen LogP contribution in [0.2, 0.25) is 0 Å². The first-order valence-corrected chi connectivity index (χ1v) is 12.4. The highest BCUT2D eigenvalue weighted by atomic mass is 19.3. The monoisotopic (exact) mass is 552 g/mol. The number of ether oxygens (including phenoxy) is 2. The van der Waals surface area contributed by atoms with Crippen LogP contribution in [0, 0.1) is 0 Å². The summed E-state index contributed by atoms with van der Waals surface area (Å²) in [6, 6.07) is 22.3. The van der Waals surface area contributed by atoms with Crippen molar-refractivity contribution in [2.24, 2.45) is 0 Å². The second kappa shape index (κ2) is 12.4. The molecule has 9 nitrogen and oxygen atoms in total. The summed E-state index contributed by atoms with van der Waals surface area (Å²) in [6.07, 6.45) is -1.77. The molecule has 0 spiro atoms. The first-order chi connectivity index (χ1) is 19.2. The summed E-state index contributed by atoms with van der Waals surface area (Å²) in [6.45, 7) is -1.75. The molecule has 0 saturated carbocycles. The SMILES string of the molecule is O=C(C[C@H](NC(=O)OCC1c2ccccc2-c2ccccc21)C(=O)NCC(F)(F)C(=O)O)OCc1ccccc1. The van der Waals surface area contributed by atoms with E-state index in [1.54, 1.807) is 35.6 Å². The highest BCUT2D eigenvalue weighted by molar-refractivity contribution is 5.90. The quantitative estimate of drug-likeness (QED) is 0.308.